The lowest BCUT2D eigenvalue weighted by Gasteiger charge is -2.06. The van der Waals surface area contributed by atoms with Gasteiger partial charge in [-0.1, -0.05) is 0 Å². The number of fused-ring (bicyclic) bond motifs is 1. The summed E-state index contributed by atoms with van der Waals surface area (Å²) in [4.78, 5) is 35.6. The Balaban J connectivity index is 1.99. The van der Waals surface area contributed by atoms with E-state index in [-0.39, 0.29) is 12.1 Å². The predicted octanol–water partition coefficient (Wildman–Crippen LogP) is 0.678. The van der Waals surface area contributed by atoms with Crippen LogP contribution in [0.25, 0.3) is 11.2 Å². The van der Waals surface area contributed by atoms with E-state index in [9.17, 15) is 9.59 Å². The van der Waals surface area contributed by atoms with E-state index >= 15 is 0 Å². The molecule has 0 aliphatic carbocycles. The third kappa shape index (κ3) is 2.45. The molecule has 114 valence electrons. The van der Waals surface area contributed by atoms with Gasteiger partial charge in [0.2, 0.25) is 0 Å². The van der Waals surface area contributed by atoms with Crippen molar-refractivity contribution < 1.29 is 0 Å². The zero-order valence-electron chi connectivity index (χ0n) is 12.8. The van der Waals surface area contributed by atoms with E-state index < -0.39 is 5.69 Å². The van der Waals surface area contributed by atoms with E-state index in [1.165, 1.54) is 10.9 Å². The Labute approximate surface area is 126 Å². The van der Waals surface area contributed by atoms with Crippen LogP contribution in [0.3, 0.4) is 0 Å². The Hall–Kier alpha value is -2.70. The average Bonchev–Trinajstić information content (AvgIpc) is 2.78. The van der Waals surface area contributed by atoms with Crippen molar-refractivity contribution in [2.75, 3.05) is 0 Å². The highest BCUT2D eigenvalue weighted by molar-refractivity contribution is 5.68. The van der Waals surface area contributed by atoms with Crippen LogP contribution in [0.5, 0.6) is 0 Å². The fraction of sp³-hybridized carbons (Fsp3) is 0.333. The SMILES string of the molecule is Cc1cc(C)nc(CCn2c(=O)[nH]c3ncn(C)c3c2=O)c1. The molecule has 0 saturated heterocycles. The number of H-pyrrole nitrogens is 1. The molecule has 0 aliphatic rings. The quantitative estimate of drug-likeness (QED) is 0.770. The van der Waals surface area contributed by atoms with Gasteiger partial charge in [0, 0.05) is 31.4 Å². The summed E-state index contributed by atoms with van der Waals surface area (Å²) in [5.41, 5.74) is 2.85. The fourth-order valence-electron chi connectivity index (χ4n) is 2.65. The van der Waals surface area contributed by atoms with Crippen molar-refractivity contribution >= 4 is 11.2 Å². The first kappa shape index (κ1) is 14.2. The molecule has 3 rings (SSSR count). The van der Waals surface area contributed by atoms with Gasteiger partial charge in [0.25, 0.3) is 5.56 Å². The summed E-state index contributed by atoms with van der Waals surface area (Å²) >= 11 is 0. The summed E-state index contributed by atoms with van der Waals surface area (Å²) in [6.07, 6.45) is 2.03. The number of aryl methyl sites for hydroxylation is 4. The molecule has 7 heteroatoms. The van der Waals surface area contributed by atoms with Crippen LogP contribution < -0.4 is 11.2 Å². The fourth-order valence-corrected chi connectivity index (χ4v) is 2.65. The monoisotopic (exact) mass is 299 g/mol. The topological polar surface area (TPSA) is 85.6 Å². The van der Waals surface area contributed by atoms with E-state index in [1.807, 2.05) is 26.0 Å². The maximum absolute atomic E-state index is 12.4. The summed E-state index contributed by atoms with van der Waals surface area (Å²) in [6, 6.07) is 3.96. The maximum Gasteiger partial charge on any atom is 0.330 e. The molecular weight excluding hydrogens is 282 g/mol. The van der Waals surface area contributed by atoms with Crippen LogP contribution in [-0.2, 0) is 20.0 Å². The molecule has 0 fully saturated rings. The Morgan fingerprint density at radius 3 is 2.73 bits per heavy atom. The largest absolute Gasteiger partial charge is 0.330 e. The third-order valence-corrected chi connectivity index (χ3v) is 3.60. The van der Waals surface area contributed by atoms with Crippen LogP contribution in [0.15, 0.2) is 28.0 Å². The summed E-state index contributed by atoms with van der Waals surface area (Å²) in [5, 5.41) is 0. The number of aromatic nitrogens is 5. The van der Waals surface area contributed by atoms with Crippen molar-refractivity contribution in [3.05, 3.63) is 56.2 Å². The molecule has 0 unspecified atom stereocenters. The van der Waals surface area contributed by atoms with Crippen LogP contribution >= 0.6 is 0 Å². The molecule has 3 aromatic heterocycles. The second-order valence-electron chi connectivity index (χ2n) is 5.47. The first-order valence-corrected chi connectivity index (χ1v) is 7.04. The summed E-state index contributed by atoms with van der Waals surface area (Å²) in [5.74, 6) is 0. The molecule has 0 amide bonds. The van der Waals surface area contributed by atoms with E-state index in [0.717, 1.165) is 17.0 Å². The van der Waals surface area contributed by atoms with E-state index in [1.54, 1.807) is 11.6 Å². The lowest BCUT2D eigenvalue weighted by Crippen LogP contribution is -2.36. The van der Waals surface area contributed by atoms with Crippen LogP contribution in [0.1, 0.15) is 17.0 Å². The van der Waals surface area contributed by atoms with E-state index in [2.05, 4.69) is 15.0 Å². The number of hydrogen-bond donors (Lipinski definition) is 1. The van der Waals surface area contributed by atoms with E-state index in [0.29, 0.717) is 17.6 Å². The highest BCUT2D eigenvalue weighted by Gasteiger charge is 2.11. The lowest BCUT2D eigenvalue weighted by molar-refractivity contribution is 0.625. The van der Waals surface area contributed by atoms with Crippen LogP contribution in [0.2, 0.25) is 0 Å². The lowest BCUT2D eigenvalue weighted by atomic mass is 10.2. The maximum atomic E-state index is 12.4. The summed E-state index contributed by atoms with van der Waals surface area (Å²) < 4.78 is 2.81. The minimum atomic E-state index is -0.444. The van der Waals surface area contributed by atoms with Gasteiger partial charge in [-0.25, -0.2) is 9.78 Å². The van der Waals surface area contributed by atoms with Gasteiger partial charge >= 0.3 is 5.69 Å². The molecule has 1 N–H and O–H groups in total. The molecule has 0 bridgehead atoms. The van der Waals surface area contributed by atoms with Gasteiger partial charge in [-0.15, -0.1) is 0 Å². The second-order valence-corrected chi connectivity index (χ2v) is 5.47. The first-order chi connectivity index (χ1) is 10.5. The molecule has 0 aliphatic heterocycles. The van der Waals surface area contributed by atoms with Gasteiger partial charge in [0.05, 0.1) is 6.33 Å². The first-order valence-electron chi connectivity index (χ1n) is 7.04. The van der Waals surface area contributed by atoms with Crippen molar-refractivity contribution in [2.45, 2.75) is 26.8 Å². The molecular formula is C15H17N5O2. The molecule has 0 aromatic carbocycles. The molecule has 3 heterocycles. The Kier molecular flexibility index (Phi) is 3.40. The molecule has 22 heavy (non-hydrogen) atoms. The number of aromatic amines is 1. The van der Waals surface area contributed by atoms with Crippen LogP contribution in [-0.4, -0.2) is 24.1 Å². The Morgan fingerprint density at radius 1 is 1.23 bits per heavy atom. The highest BCUT2D eigenvalue weighted by atomic mass is 16.2. The van der Waals surface area contributed by atoms with Crippen molar-refractivity contribution in [3.8, 4) is 0 Å². The van der Waals surface area contributed by atoms with Gasteiger partial charge in [0.15, 0.2) is 11.2 Å². The predicted molar refractivity (Wildman–Crippen MR) is 83.0 cm³/mol. The van der Waals surface area contributed by atoms with Crippen molar-refractivity contribution in [1.29, 1.82) is 0 Å². The molecule has 0 spiro atoms. The molecule has 0 atom stereocenters. The molecule has 0 radical (unpaired) electrons. The van der Waals surface area contributed by atoms with Gasteiger partial charge in [0.1, 0.15) is 0 Å². The Bertz CT molecular complexity index is 944. The van der Waals surface area contributed by atoms with Gasteiger partial charge < -0.3 is 4.57 Å². The minimum absolute atomic E-state index is 0.283. The standard InChI is InChI=1S/C15H17N5O2/c1-9-6-10(2)17-11(7-9)4-5-20-14(21)12-13(18-15(20)22)16-8-19(12)3/h6-8H,4-5H2,1-3H3,(H,18,22). The van der Waals surface area contributed by atoms with Gasteiger partial charge in [-0.2, -0.15) is 0 Å². The summed E-state index contributed by atoms with van der Waals surface area (Å²) in [6.45, 7) is 4.21. The Morgan fingerprint density at radius 2 is 2.00 bits per heavy atom. The van der Waals surface area contributed by atoms with Crippen molar-refractivity contribution in [3.63, 3.8) is 0 Å². The molecule has 3 aromatic rings. The normalized spacial score (nSPS) is 11.2. The number of nitrogens with one attached hydrogen (secondary N) is 1. The van der Waals surface area contributed by atoms with E-state index in [4.69, 9.17) is 0 Å². The van der Waals surface area contributed by atoms with Crippen LogP contribution in [0, 0.1) is 13.8 Å². The van der Waals surface area contributed by atoms with Crippen molar-refractivity contribution in [1.82, 2.24) is 24.1 Å². The number of rotatable bonds is 3. The summed E-state index contributed by atoms with van der Waals surface area (Å²) in [7, 11) is 1.73. The van der Waals surface area contributed by atoms with Crippen LogP contribution in [0.4, 0.5) is 0 Å². The smallest absolute Gasteiger partial charge is 0.328 e. The van der Waals surface area contributed by atoms with Gasteiger partial charge in [-0.3, -0.25) is 19.3 Å². The molecule has 7 nitrogen and oxygen atoms in total. The zero-order valence-corrected chi connectivity index (χ0v) is 12.8. The highest BCUT2D eigenvalue weighted by Crippen LogP contribution is 2.06. The second kappa shape index (κ2) is 5.25. The molecule has 0 saturated carbocycles. The average molecular weight is 299 g/mol. The third-order valence-electron chi connectivity index (χ3n) is 3.60. The number of pyridine rings is 1. The zero-order chi connectivity index (χ0) is 15.9. The minimum Gasteiger partial charge on any atom is -0.328 e. The number of hydrogen-bond acceptors (Lipinski definition) is 4. The van der Waals surface area contributed by atoms with Gasteiger partial charge in [-0.05, 0) is 31.5 Å². The van der Waals surface area contributed by atoms with Crippen molar-refractivity contribution in [2.24, 2.45) is 7.05 Å². The number of imidazole rings is 1. The number of nitrogens with zero attached hydrogens (tertiary/aromatic N) is 4.